The molecule has 7 heteroatoms. The van der Waals surface area contributed by atoms with Crippen LogP contribution >= 0.6 is 0 Å². The van der Waals surface area contributed by atoms with E-state index in [2.05, 4.69) is 9.97 Å². The summed E-state index contributed by atoms with van der Waals surface area (Å²) in [6, 6.07) is 13.5. The molecule has 138 valence electrons. The molecular weight excluding hydrogens is 346 g/mol. The third kappa shape index (κ3) is 2.98. The van der Waals surface area contributed by atoms with Gasteiger partial charge in [-0.1, -0.05) is 12.1 Å². The maximum Gasteiger partial charge on any atom is 0.307 e. The molecule has 7 nitrogen and oxygen atoms in total. The Balaban J connectivity index is 0.00000210. The van der Waals surface area contributed by atoms with Crippen molar-refractivity contribution in [3.8, 4) is 11.6 Å². The van der Waals surface area contributed by atoms with Gasteiger partial charge in [-0.25, -0.2) is 9.97 Å². The van der Waals surface area contributed by atoms with Crippen LogP contribution in [0.1, 0.15) is 11.3 Å². The Labute approximate surface area is 155 Å². The molecular formula is C20H19N3O4. The molecule has 2 aromatic carbocycles. The minimum atomic E-state index is -0.873. The molecule has 0 aliphatic rings. The van der Waals surface area contributed by atoms with E-state index in [9.17, 15) is 9.90 Å². The van der Waals surface area contributed by atoms with Crippen LogP contribution in [0, 0.1) is 6.92 Å². The van der Waals surface area contributed by atoms with Gasteiger partial charge in [-0.15, -0.1) is 0 Å². The van der Waals surface area contributed by atoms with Crippen molar-refractivity contribution in [3.63, 3.8) is 0 Å². The predicted octanol–water partition coefficient (Wildman–Crippen LogP) is 2.69. The lowest BCUT2D eigenvalue weighted by Gasteiger charge is -2.10. The van der Waals surface area contributed by atoms with Crippen molar-refractivity contribution in [2.45, 2.75) is 13.3 Å². The molecule has 0 fully saturated rings. The Kier molecular flexibility index (Phi) is 4.79. The first-order valence-electron chi connectivity index (χ1n) is 8.20. The molecule has 3 N–H and O–H groups in total. The molecule has 0 radical (unpaired) electrons. The fourth-order valence-corrected chi connectivity index (χ4v) is 3.41. The number of aromatic nitrogens is 3. The third-order valence-electron chi connectivity index (χ3n) is 4.60. The van der Waals surface area contributed by atoms with Crippen LogP contribution in [0.2, 0.25) is 0 Å². The lowest BCUT2D eigenvalue weighted by atomic mass is 10.1. The van der Waals surface area contributed by atoms with E-state index in [0.717, 1.165) is 38.9 Å². The van der Waals surface area contributed by atoms with Gasteiger partial charge < -0.3 is 15.3 Å². The number of para-hydroxylation sites is 1. The lowest BCUT2D eigenvalue weighted by Crippen LogP contribution is -2.04. The van der Waals surface area contributed by atoms with Crippen molar-refractivity contribution in [3.05, 3.63) is 60.0 Å². The van der Waals surface area contributed by atoms with E-state index in [0.29, 0.717) is 5.75 Å². The maximum atomic E-state index is 11.4. The van der Waals surface area contributed by atoms with Gasteiger partial charge in [-0.3, -0.25) is 9.36 Å². The molecule has 0 atom stereocenters. The number of benzene rings is 2. The molecule has 0 bridgehead atoms. The van der Waals surface area contributed by atoms with Crippen LogP contribution < -0.4 is 4.74 Å². The summed E-state index contributed by atoms with van der Waals surface area (Å²) in [6.45, 7) is 1.92. The average molecular weight is 365 g/mol. The molecule has 2 aromatic heterocycles. The van der Waals surface area contributed by atoms with Gasteiger partial charge in [0.15, 0.2) is 0 Å². The van der Waals surface area contributed by atoms with Crippen molar-refractivity contribution >= 4 is 27.8 Å². The number of hydrogen-bond donors (Lipinski definition) is 1. The van der Waals surface area contributed by atoms with Gasteiger partial charge in [0.25, 0.3) is 0 Å². The Morgan fingerprint density at radius 1 is 1.15 bits per heavy atom. The lowest BCUT2D eigenvalue weighted by molar-refractivity contribution is -0.136. The molecule has 0 amide bonds. The van der Waals surface area contributed by atoms with Crippen LogP contribution in [-0.2, 0) is 11.2 Å². The Bertz CT molecular complexity index is 1150. The quantitative estimate of drug-likeness (QED) is 0.598. The highest BCUT2D eigenvalue weighted by Crippen LogP contribution is 2.33. The molecule has 2 heterocycles. The third-order valence-corrected chi connectivity index (χ3v) is 4.60. The highest BCUT2D eigenvalue weighted by atomic mass is 16.5. The number of aliphatic carboxylic acids is 1. The van der Waals surface area contributed by atoms with Crippen LogP contribution in [0.3, 0.4) is 0 Å². The van der Waals surface area contributed by atoms with Crippen LogP contribution in [0.25, 0.3) is 27.6 Å². The first-order chi connectivity index (χ1) is 12.6. The fourth-order valence-electron chi connectivity index (χ4n) is 3.41. The molecule has 4 aromatic rings. The topological polar surface area (TPSA) is 109 Å². The van der Waals surface area contributed by atoms with Crippen molar-refractivity contribution in [2.24, 2.45) is 0 Å². The van der Waals surface area contributed by atoms with Gasteiger partial charge in [0.05, 0.1) is 24.6 Å². The van der Waals surface area contributed by atoms with Gasteiger partial charge >= 0.3 is 5.97 Å². The SMILES string of the molecule is COc1ccc2c(c1)c(CC(=O)O)c(C)n2-c1ncnc2ccccc12.O. The summed E-state index contributed by atoms with van der Waals surface area (Å²) in [6.07, 6.45) is 1.47. The second-order valence-electron chi connectivity index (χ2n) is 6.07. The largest absolute Gasteiger partial charge is 0.497 e. The Morgan fingerprint density at radius 2 is 1.93 bits per heavy atom. The number of methoxy groups -OCH3 is 1. The molecule has 0 spiro atoms. The number of carbonyl (C=O) groups is 1. The van der Waals surface area contributed by atoms with Gasteiger partial charge in [0, 0.05) is 16.5 Å². The van der Waals surface area contributed by atoms with Gasteiger partial charge in [0.1, 0.15) is 17.9 Å². The summed E-state index contributed by atoms with van der Waals surface area (Å²) in [5, 5.41) is 11.1. The minimum Gasteiger partial charge on any atom is -0.497 e. The monoisotopic (exact) mass is 365 g/mol. The zero-order valence-corrected chi connectivity index (χ0v) is 14.9. The highest BCUT2D eigenvalue weighted by molar-refractivity contribution is 5.94. The molecule has 0 saturated carbocycles. The highest BCUT2D eigenvalue weighted by Gasteiger charge is 2.20. The molecule has 27 heavy (non-hydrogen) atoms. The van der Waals surface area contributed by atoms with Crippen molar-refractivity contribution in [1.82, 2.24) is 14.5 Å². The number of rotatable bonds is 4. The van der Waals surface area contributed by atoms with E-state index in [1.807, 2.05) is 54.0 Å². The molecule has 0 saturated heterocycles. The average Bonchev–Trinajstić information content (AvgIpc) is 2.92. The molecule has 0 aliphatic carbocycles. The van der Waals surface area contributed by atoms with Crippen molar-refractivity contribution < 1.29 is 20.1 Å². The second kappa shape index (κ2) is 7.05. The van der Waals surface area contributed by atoms with E-state index in [-0.39, 0.29) is 11.9 Å². The molecule has 0 aliphatic heterocycles. The number of fused-ring (bicyclic) bond motifs is 2. The number of nitrogens with zero attached hydrogens (tertiary/aromatic N) is 3. The van der Waals surface area contributed by atoms with Crippen LogP contribution in [0.5, 0.6) is 5.75 Å². The second-order valence-corrected chi connectivity index (χ2v) is 6.07. The number of ether oxygens (including phenoxy) is 1. The van der Waals surface area contributed by atoms with E-state index >= 15 is 0 Å². The van der Waals surface area contributed by atoms with E-state index in [1.165, 1.54) is 6.33 Å². The maximum absolute atomic E-state index is 11.4. The first-order valence-corrected chi connectivity index (χ1v) is 8.20. The zero-order valence-electron chi connectivity index (χ0n) is 14.9. The normalized spacial score (nSPS) is 10.7. The van der Waals surface area contributed by atoms with Gasteiger partial charge in [-0.05, 0) is 42.8 Å². The van der Waals surface area contributed by atoms with Gasteiger partial charge in [-0.2, -0.15) is 0 Å². The van der Waals surface area contributed by atoms with Crippen LogP contribution in [0.4, 0.5) is 0 Å². The summed E-state index contributed by atoms with van der Waals surface area (Å²) in [5.41, 5.74) is 3.34. The number of carboxylic acids is 1. The molecule has 4 rings (SSSR count). The standard InChI is InChI=1S/C20H17N3O3.H2O/c1-12-15(10-19(24)25)16-9-13(26-2)7-8-18(16)23(12)20-14-5-3-4-6-17(14)21-11-22-20;/h3-9,11H,10H2,1-2H3,(H,24,25);1H2. The smallest absolute Gasteiger partial charge is 0.307 e. The van der Waals surface area contributed by atoms with Gasteiger partial charge in [0.2, 0.25) is 0 Å². The van der Waals surface area contributed by atoms with Crippen LogP contribution in [0.15, 0.2) is 48.8 Å². The van der Waals surface area contributed by atoms with Crippen molar-refractivity contribution in [2.75, 3.05) is 7.11 Å². The zero-order chi connectivity index (χ0) is 18.3. The number of hydrogen-bond acceptors (Lipinski definition) is 4. The molecule has 0 unspecified atom stereocenters. The van der Waals surface area contributed by atoms with Crippen LogP contribution in [-0.4, -0.2) is 38.2 Å². The number of carboxylic acid groups (broad SMARTS) is 1. The first kappa shape index (κ1) is 18.3. The summed E-state index contributed by atoms with van der Waals surface area (Å²) in [4.78, 5) is 20.2. The minimum absolute atomic E-state index is 0. The van der Waals surface area contributed by atoms with E-state index < -0.39 is 5.97 Å². The summed E-state index contributed by atoms with van der Waals surface area (Å²) < 4.78 is 7.32. The summed E-state index contributed by atoms with van der Waals surface area (Å²) in [5.74, 6) is 0.552. The fraction of sp³-hybridized carbons (Fsp3) is 0.150. The van der Waals surface area contributed by atoms with Crippen molar-refractivity contribution in [1.29, 1.82) is 0 Å². The Hall–Kier alpha value is -3.45. The Morgan fingerprint density at radius 3 is 2.67 bits per heavy atom. The summed E-state index contributed by atoms with van der Waals surface area (Å²) >= 11 is 0. The van der Waals surface area contributed by atoms with E-state index in [4.69, 9.17) is 4.74 Å². The summed E-state index contributed by atoms with van der Waals surface area (Å²) in [7, 11) is 1.60. The predicted molar refractivity (Wildman–Crippen MR) is 103 cm³/mol. The van der Waals surface area contributed by atoms with E-state index in [1.54, 1.807) is 7.11 Å².